The minimum atomic E-state index is -0.496. The molecule has 0 saturated heterocycles. The van der Waals surface area contributed by atoms with Crippen LogP contribution < -0.4 is 5.43 Å². The van der Waals surface area contributed by atoms with Gasteiger partial charge in [-0.1, -0.05) is 49.7 Å². The monoisotopic (exact) mass is 414 g/mol. The molecule has 8 nitrogen and oxygen atoms in total. The standard InChI is InChI=1S/C20H23ClN6O2/c1-3-15-6-5-7-16(4-2)18(15)24-25-20(27(28)29)19-22-10-11-26(19)13-14-8-9-17(21)23-12-14/h5-9,12,24H,3-4,10-11,13H2,1-2H3/b25-20-. The van der Waals surface area contributed by atoms with Crippen LogP contribution in [-0.2, 0) is 19.4 Å². The van der Waals surface area contributed by atoms with Gasteiger partial charge in [0.2, 0.25) is 5.84 Å². The summed E-state index contributed by atoms with van der Waals surface area (Å²) in [7, 11) is 0. The maximum absolute atomic E-state index is 11.8. The molecule has 3 rings (SSSR count). The van der Waals surface area contributed by atoms with Crippen molar-refractivity contribution < 1.29 is 4.92 Å². The molecule has 0 saturated carbocycles. The van der Waals surface area contributed by atoms with Gasteiger partial charge in [0.1, 0.15) is 5.15 Å². The molecule has 2 aromatic rings. The number of benzene rings is 1. The summed E-state index contributed by atoms with van der Waals surface area (Å²) in [4.78, 5) is 21.5. The average Bonchev–Trinajstić information content (AvgIpc) is 3.17. The van der Waals surface area contributed by atoms with Gasteiger partial charge >= 0.3 is 5.84 Å². The number of aromatic nitrogens is 1. The van der Waals surface area contributed by atoms with E-state index in [0.29, 0.717) is 24.8 Å². The summed E-state index contributed by atoms with van der Waals surface area (Å²) in [5.74, 6) is -0.0261. The molecule has 0 amide bonds. The number of hydrazone groups is 1. The number of nitrogens with one attached hydrogen (secondary N) is 1. The number of anilines is 1. The predicted molar refractivity (Wildman–Crippen MR) is 115 cm³/mol. The molecule has 29 heavy (non-hydrogen) atoms. The van der Waals surface area contributed by atoms with E-state index < -0.39 is 4.92 Å². The summed E-state index contributed by atoms with van der Waals surface area (Å²) in [5, 5.41) is 16.3. The second-order valence-electron chi connectivity index (χ2n) is 6.58. The van der Waals surface area contributed by atoms with Crippen LogP contribution in [0.5, 0.6) is 0 Å². The number of amidine groups is 2. The normalized spacial score (nSPS) is 14.1. The van der Waals surface area contributed by atoms with Crippen LogP contribution in [0.25, 0.3) is 0 Å². The molecule has 152 valence electrons. The van der Waals surface area contributed by atoms with Gasteiger partial charge in [-0.25, -0.2) is 4.98 Å². The largest absolute Gasteiger partial charge is 0.430 e. The molecule has 1 aliphatic heterocycles. The first kappa shape index (κ1) is 20.7. The molecular formula is C20H23ClN6O2. The molecule has 1 N–H and O–H groups in total. The summed E-state index contributed by atoms with van der Waals surface area (Å²) in [6.45, 7) is 5.59. The second-order valence-corrected chi connectivity index (χ2v) is 6.97. The number of aliphatic imine (C=N–C) groups is 1. The van der Waals surface area contributed by atoms with Crippen molar-refractivity contribution in [1.82, 2.24) is 9.88 Å². The van der Waals surface area contributed by atoms with Crippen LogP contribution in [0, 0.1) is 10.1 Å². The molecule has 1 aliphatic rings. The molecule has 0 unspecified atom stereocenters. The van der Waals surface area contributed by atoms with E-state index in [9.17, 15) is 10.1 Å². The van der Waals surface area contributed by atoms with E-state index >= 15 is 0 Å². The van der Waals surface area contributed by atoms with Gasteiger partial charge in [-0.3, -0.25) is 4.99 Å². The first-order valence-corrected chi connectivity index (χ1v) is 9.90. The second kappa shape index (κ2) is 9.47. The van der Waals surface area contributed by atoms with Gasteiger partial charge in [-0.05, 0) is 40.5 Å². The molecule has 2 heterocycles. The number of para-hydroxylation sites is 1. The highest BCUT2D eigenvalue weighted by Crippen LogP contribution is 2.23. The zero-order valence-electron chi connectivity index (χ0n) is 16.4. The zero-order chi connectivity index (χ0) is 20.8. The number of rotatable bonds is 7. The number of halogens is 1. The lowest BCUT2D eigenvalue weighted by atomic mass is 10.0. The van der Waals surface area contributed by atoms with E-state index in [-0.39, 0.29) is 11.7 Å². The minimum Gasteiger partial charge on any atom is -0.358 e. The lowest BCUT2D eigenvalue weighted by Crippen LogP contribution is -2.37. The van der Waals surface area contributed by atoms with Crippen LogP contribution in [0.3, 0.4) is 0 Å². The SMILES string of the molecule is CCc1cccc(CC)c1N/N=C(/C1=NCCN1Cc1ccc(Cl)nc1)[N+](=O)[O-]. The molecule has 0 atom stereocenters. The third-order valence-electron chi connectivity index (χ3n) is 4.74. The summed E-state index contributed by atoms with van der Waals surface area (Å²) in [6.07, 6.45) is 3.26. The number of hydrogen-bond donors (Lipinski definition) is 1. The zero-order valence-corrected chi connectivity index (χ0v) is 17.2. The Morgan fingerprint density at radius 2 is 2.00 bits per heavy atom. The van der Waals surface area contributed by atoms with Crippen molar-refractivity contribution in [3.05, 3.63) is 68.5 Å². The molecule has 9 heteroatoms. The lowest BCUT2D eigenvalue weighted by Gasteiger charge is -2.18. The van der Waals surface area contributed by atoms with Crippen molar-refractivity contribution in [3.8, 4) is 0 Å². The molecular weight excluding hydrogens is 392 g/mol. The smallest absolute Gasteiger partial charge is 0.358 e. The Balaban J connectivity index is 1.85. The van der Waals surface area contributed by atoms with Gasteiger partial charge in [0.15, 0.2) is 0 Å². The molecule has 1 aromatic carbocycles. The van der Waals surface area contributed by atoms with Crippen LogP contribution in [-0.4, -0.2) is 39.6 Å². The van der Waals surface area contributed by atoms with Gasteiger partial charge in [0.05, 0.1) is 17.3 Å². The van der Waals surface area contributed by atoms with E-state index in [2.05, 4.69) is 20.5 Å². The third kappa shape index (κ3) is 4.89. The van der Waals surface area contributed by atoms with Crippen molar-refractivity contribution in [2.45, 2.75) is 33.2 Å². The first-order valence-electron chi connectivity index (χ1n) is 9.52. The van der Waals surface area contributed by atoms with Crippen LogP contribution in [0.1, 0.15) is 30.5 Å². The van der Waals surface area contributed by atoms with E-state index in [0.717, 1.165) is 35.2 Å². The van der Waals surface area contributed by atoms with E-state index in [1.807, 2.05) is 43.0 Å². The van der Waals surface area contributed by atoms with Crippen molar-refractivity contribution in [2.75, 3.05) is 18.5 Å². The molecule has 0 spiro atoms. The Bertz CT molecular complexity index is 920. The average molecular weight is 415 g/mol. The molecule has 0 bridgehead atoms. The Hall–Kier alpha value is -3.00. The van der Waals surface area contributed by atoms with Crippen LogP contribution in [0.4, 0.5) is 5.69 Å². The highest BCUT2D eigenvalue weighted by molar-refractivity contribution is 6.37. The third-order valence-corrected chi connectivity index (χ3v) is 4.96. The lowest BCUT2D eigenvalue weighted by molar-refractivity contribution is -0.346. The fraction of sp³-hybridized carbons (Fsp3) is 0.350. The van der Waals surface area contributed by atoms with Gasteiger partial charge < -0.3 is 15.0 Å². The first-order chi connectivity index (χ1) is 14.0. The van der Waals surface area contributed by atoms with Gasteiger partial charge in [-0.15, -0.1) is 0 Å². The van der Waals surface area contributed by atoms with Gasteiger partial charge in [0, 0.05) is 19.3 Å². The van der Waals surface area contributed by atoms with Crippen LogP contribution in [0.2, 0.25) is 5.15 Å². The van der Waals surface area contributed by atoms with Crippen molar-refractivity contribution in [2.24, 2.45) is 10.1 Å². The number of nitrogens with zero attached hydrogens (tertiary/aromatic N) is 5. The summed E-state index contributed by atoms with van der Waals surface area (Å²) >= 11 is 5.83. The predicted octanol–water partition coefficient (Wildman–Crippen LogP) is 3.78. The number of hydrogen-bond acceptors (Lipinski definition) is 7. The van der Waals surface area contributed by atoms with E-state index in [4.69, 9.17) is 11.6 Å². The highest BCUT2D eigenvalue weighted by atomic mass is 35.5. The van der Waals surface area contributed by atoms with Crippen LogP contribution in [0.15, 0.2) is 46.6 Å². The van der Waals surface area contributed by atoms with E-state index in [1.54, 1.807) is 12.3 Å². The summed E-state index contributed by atoms with van der Waals surface area (Å²) < 4.78 is 0. The maximum atomic E-state index is 11.8. The minimum absolute atomic E-state index is 0.268. The number of pyridine rings is 1. The van der Waals surface area contributed by atoms with E-state index in [1.165, 1.54) is 0 Å². The Morgan fingerprint density at radius 1 is 1.28 bits per heavy atom. The Kier molecular flexibility index (Phi) is 6.77. The highest BCUT2D eigenvalue weighted by Gasteiger charge is 2.31. The molecule has 0 fully saturated rings. The van der Waals surface area contributed by atoms with Crippen LogP contribution >= 0.6 is 11.6 Å². The fourth-order valence-corrected chi connectivity index (χ4v) is 3.35. The van der Waals surface area contributed by atoms with Crippen molar-refractivity contribution in [3.63, 3.8) is 0 Å². The topological polar surface area (TPSA) is 96.0 Å². The van der Waals surface area contributed by atoms with Gasteiger partial charge in [-0.2, -0.15) is 5.43 Å². The van der Waals surface area contributed by atoms with Crippen molar-refractivity contribution in [1.29, 1.82) is 0 Å². The van der Waals surface area contributed by atoms with Crippen molar-refractivity contribution >= 4 is 29.0 Å². The fourth-order valence-electron chi connectivity index (χ4n) is 3.24. The number of nitro groups is 1. The molecule has 0 radical (unpaired) electrons. The quantitative estimate of drug-likeness (QED) is 0.244. The summed E-state index contributed by atoms with van der Waals surface area (Å²) in [6, 6.07) is 9.52. The molecule has 0 aliphatic carbocycles. The maximum Gasteiger partial charge on any atom is 0.430 e. The number of aryl methyl sites for hydroxylation is 2. The Labute approximate surface area is 174 Å². The van der Waals surface area contributed by atoms with Gasteiger partial charge in [0.25, 0.3) is 0 Å². The Morgan fingerprint density at radius 3 is 2.59 bits per heavy atom. The summed E-state index contributed by atoms with van der Waals surface area (Å²) in [5.41, 5.74) is 6.79. The molecule has 1 aromatic heterocycles.